The molecular formula is C11H17N3O4. The summed E-state index contributed by atoms with van der Waals surface area (Å²) in [6.45, 7) is 5.33. The Morgan fingerprint density at radius 3 is 2.72 bits per heavy atom. The second kappa shape index (κ2) is 6.04. The van der Waals surface area contributed by atoms with Crippen LogP contribution in [0.5, 0.6) is 0 Å². The van der Waals surface area contributed by atoms with Gasteiger partial charge < -0.3 is 15.2 Å². The van der Waals surface area contributed by atoms with E-state index < -0.39 is 11.9 Å². The van der Waals surface area contributed by atoms with Gasteiger partial charge in [0.05, 0.1) is 18.4 Å². The second-order valence-corrected chi connectivity index (χ2v) is 3.89. The first-order valence-electron chi connectivity index (χ1n) is 5.63. The number of rotatable bonds is 5. The summed E-state index contributed by atoms with van der Waals surface area (Å²) in [5, 5.41) is 3.89. The fourth-order valence-electron chi connectivity index (χ4n) is 1.31. The zero-order chi connectivity index (χ0) is 13.7. The molecule has 0 spiro atoms. The highest BCUT2D eigenvalue weighted by atomic mass is 16.5. The van der Waals surface area contributed by atoms with E-state index in [2.05, 4.69) is 5.10 Å². The van der Waals surface area contributed by atoms with E-state index in [1.165, 1.54) is 10.9 Å². The second-order valence-electron chi connectivity index (χ2n) is 3.89. The first-order valence-corrected chi connectivity index (χ1v) is 5.63. The smallest absolute Gasteiger partial charge is 0.361 e. The lowest BCUT2D eigenvalue weighted by molar-refractivity contribution is -0.148. The molecule has 0 aromatic carbocycles. The van der Waals surface area contributed by atoms with Crippen molar-refractivity contribution in [3.8, 4) is 0 Å². The molecule has 0 aliphatic heterocycles. The summed E-state index contributed by atoms with van der Waals surface area (Å²) in [5.41, 5.74) is 5.79. The highest BCUT2D eigenvalue weighted by Gasteiger charge is 2.17. The van der Waals surface area contributed by atoms with Crippen molar-refractivity contribution in [2.45, 2.75) is 33.4 Å². The third-order valence-corrected chi connectivity index (χ3v) is 1.92. The number of hydrogen-bond donors (Lipinski definition) is 1. The van der Waals surface area contributed by atoms with Crippen LogP contribution in [-0.4, -0.2) is 34.4 Å². The van der Waals surface area contributed by atoms with E-state index in [4.69, 9.17) is 15.2 Å². The van der Waals surface area contributed by atoms with Gasteiger partial charge in [0, 0.05) is 6.20 Å². The van der Waals surface area contributed by atoms with Crippen molar-refractivity contribution in [2.75, 3.05) is 12.3 Å². The Hall–Kier alpha value is -2.05. The molecule has 1 rings (SSSR count). The number of ether oxygens (including phenoxy) is 2. The molecule has 18 heavy (non-hydrogen) atoms. The molecule has 0 unspecified atom stereocenters. The fourth-order valence-corrected chi connectivity index (χ4v) is 1.31. The molecule has 0 saturated heterocycles. The van der Waals surface area contributed by atoms with E-state index in [-0.39, 0.29) is 30.6 Å². The molecule has 0 amide bonds. The zero-order valence-corrected chi connectivity index (χ0v) is 10.7. The lowest BCUT2D eigenvalue weighted by atomic mass is 10.4. The van der Waals surface area contributed by atoms with Crippen LogP contribution >= 0.6 is 0 Å². The normalized spacial score (nSPS) is 10.4. The summed E-state index contributed by atoms with van der Waals surface area (Å²) in [5.74, 6) is -1.05. The topological polar surface area (TPSA) is 96.4 Å². The van der Waals surface area contributed by atoms with Crippen LogP contribution < -0.4 is 5.73 Å². The molecule has 0 aliphatic rings. The third kappa shape index (κ3) is 3.76. The number of esters is 2. The molecule has 100 valence electrons. The van der Waals surface area contributed by atoms with Gasteiger partial charge in [-0.3, -0.25) is 9.48 Å². The van der Waals surface area contributed by atoms with Gasteiger partial charge in [-0.25, -0.2) is 4.79 Å². The standard InChI is InChI=1S/C11H17N3O4/c1-4-17-11(16)10-8(12)5-14(13-10)6-9(15)18-7(2)3/h5,7H,4,6,12H2,1-3H3. The number of hydrogen-bond acceptors (Lipinski definition) is 6. The van der Waals surface area contributed by atoms with Crippen molar-refractivity contribution in [1.29, 1.82) is 0 Å². The van der Waals surface area contributed by atoms with Crippen molar-refractivity contribution in [3.63, 3.8) is 0 Å². The van der Waals surface area contributed by atoms with Gasteiger partial charge in [-0.1, -0.05) is 0 Å². The average Bonchev–Trinajstić information content (AvgIpc) is 2.58. The van der Waals surface area contributed by atoms with E-state index in [0.717, 1.165) is 0 Å². The molecule has 0 aliphatic carbocycles. The van der Waals surface area contributed by atoms with Crippen LogP contribution in [0.2, 0.25) is 0 Å². The van der Waals surface area contributed by atoms with Gasteiger partial charge in [0.15, 0.2) is 5.69 Å². The minimum absolute atomic E-state index is 0.00852. The maximum absolute atomic E-state index is 11.4. The lowest BCUT2D eigenvalue weighted by Crippen LogP contribution is -2.18. The van der Waals surface area contributed by atoms with E-state index in [1.807, 2.05) is 0 Å². The van der Waals surface area contributed by atoms with Crippen LogP contribution in [0.4, 0.5) is 5.69 Å². The van der Waals surface area contributed by atoms with Gasteiger partial charge in [-0.2, -0.15) is 5.10 Å². The van der Waals surface area contributed by atoms with E-state index >= 15 is 0 Å². The van der Waals surface area contributed by atoms with E-state index in [0.29, 0.717) is 0 Å². The molecule has 7 nitrogen and oxygen atoms in total. The van der Waals surface area contributed by atoms with E-state index in [1.54, 1.807) is 20.8 Å². The first kappa shape index (κ1) is 14.0. The molecule has 7 heteroatoms. The van der Waals surface area contributed by atoms with Crippen molar-refractivity contribution in [2.24, 2.45) is 0 Å². The number of carbonyl (C=O) groups is 2. The van der Waals surface area contributed by atoms with Crippen molar-refractivity contribution >= 4 is 17.6 Å². The number of nitrogen functional groups attached to an aromatic ring is 1. The summed E-state index contributed by atoms with van der Waals surface area (Å²) in [4.78, 5) is 22.8. The Bertz CT molecular complexity index is 439. The summed E-state index contributed by atoms with van der Waals surface area (Å²) in [6, 6.07) is 0. The van der Waals surface area contributed by atoms with Crippen molar-refractivity contribution in [3.05, 3.63) is 11.9 Å². The fraction of sp³-hybridized carbons (Fsp3) is 0.545. The third-order valence-electron chi connectivity index (χ3n) is 1.92. The Morgan fingerprint density at radius 2 is 2.17 bits per heavy atom. The van der Waals surface area contributed by atoms with Crippen LogP contribution in [-0.2, 0) is 20.8 Å². The average molecular weight is 255 g/mol. The minimum Gasteiger partial charge on any atom is -0.462 e. The summed E-state index contributed by atoms with van der Waals surface area (Å²) in [6.07, 6.45) is 1.20. The molecule has 0 fully saturated rings. The molecule has 0 radical (unpaired) electrons. The number of aromatic nitrogens is 2. The monoisotopic (exact) mass is 255 g/mol. The number of nitrogens with zero attached hydrogens (tertiary/aromatic N) is 2. The molecule has 1 heterocycles. The Labute approximate surface area is 105 Å². The molecule has 1 aromatic heterocycles. The van der Waals surface area contributed by atoms with Crippen LogP contribution in [0.25, 0.3) is 0 Å². The van der Waals surface area contributed by atoms with E-state index in [9.17, 15) is 9.59 Å². The summed E-state index contributed by atoms with van der Waals surface area (Å²) < 4.78 is 11.0. The largest absolute Gasteiger partial charge is 0.462 e. The van der Waals surface area contributed by atoms with Gasteiger partial charge in [0.2, 0.25) is 0 Å². The van der Waals surface area contributed by atoms with Gasteiger partial charge >= 0.3 is 11.9 Å². The quantitative estimate of drug-likeness (QED) is 0.773. The molecule has 0 saturated carbocycles. The summed E-state index contributed by atoms with van der Waals surface area (Å²) in [7, 11) is 0. The molecular weight excluding hydrogens is 238 g/mol. The Kier molecular flexibility index (Phi) is 4.70. The predicted octanol–water partition coefficient (Wildman–Crippen LogP) is 0.594. The summed E-state index contributed by atoms with van der Waals surface area (Å²) >= 11 is 0. The molecule has 1 aromatic rings. The van der Waals surface area contributed by atoms with Crippen LogP contribution in [0.15, 0.2) is 6.20 Å². The van der Waals surface area contributed by atoms with Crippen LogP contribution in [0.1, 0.15) is 31.3 Å². The lowest BCUT2D eigenvalue weighted by Gasteiger charge is -2.07. The number of anilines is 1. The van der Waals surface area contributed by atoms with Gasteiger partial charge in [-0.05, 0) is 20.8 Å². The predicted molar refractivity (Wildman–Crippen MR) is 63.8 cm³/mol. The van der Waals surface area contributed by atoms with Gasteiger partial charge in [-0.15, -0.1) is 0 Å². The zero-order valence-electron chi connectivity index (χ0n) is 10.7. The van der Waals surface area contributed by atoms with Crippen LogP contribution in [0, 0.1) is 0 Å². The Balaban J connectivity index is 2.72. The Morgan fingerprint density at radius 1 is 1.50 bits per heavy atom. The highest BCUT2D eigenvalue weighted by molar-refractivity contribution is 5.92. The SMILES string of the molecule is CCOC(=O)c1nn(CC(=O)OC(C)C)cc1N. The molecule has 0 bridgehead atoms. The van der Waals surface area contributed by atoms with Gasteiger partial charge in [0.25, 0.3) is 0 Å². The maximum atomic E-state index is 11.4. The van der Waals surface area contributed by atoms with Crippen LogP contribution in [0.3, 0.4) is 0 Å². The molecule has 2 N–H and O–H groups in total. The highest BCUT2D eigenvalue weighted by Crippen LogP contribution is 2.10. The minimum atomic E-state index is -0.606. The number of nitrogens with two attached hydrogens (primary N) is 1. The molecule has 0 atom stereocenters. The number of carbonyl (C=O) groups excluding carboxylic acids is 2. The van der Waals surface area contributed by atoms with Crippen molar-refractivity contribution in [1.82, 2.24) is 9.78 Å². The van der Waals surface area contributed by atoms with Crippen molar-refractivity contribution < 1.29 is 19.1 Å². The van der Waals surface area contributed by atoms with Gasteiger partial charge in [0.1, 0.15) is 6.54 Å². The maximum Gasteiger partial charge on any atom is 0.361 e. The first-order chi connectivity index (χ1) is 8.43.